The molecule has 1 aliphatic rings. The van der Waals surface area contributed by atoms with Crippen LogP contribution in [0, 0.1) is 5.82 Å². The van der Waals surface area contributed by atoms with E-state index in [0.29, 0.717) is 12.4 Å². The normalized spacial score (nSPS) is 18.8. The van der Waals surface area contributed by atoms with E-state index in [2.05, 4.69) is 4.90 Å². The summed E-state index contributed by atoms with van der Waals surface area (Å²) >= 11 is 0. The molecule has 1 N–H and O–H groups in total. The average molecular weight is 239 g/mol. The number of ether oxygens (including phenoxy) is 1. The second-order valence-electron chi connectivity index (χ2n) is 4.59. The molecule has 0 aliphatic carbocycles. The van der Waals surface area contributed by atoms with E-state index in [1.165, 1.54) is 12.1 Å². The van der Waals surface area contributed by atoms with Gasteiger partial charge in [0.15, 0.2) is 0 Å². The Morgan fingerprint density at radius 1 is 1.35 bits per heavy atom. The van der Waals surface area contributed by atoms with E-state index in [1.807, 2.05) is 6.92 Å². The molecule has 0 aromatic heterocycles. The molecule has 4 heteroatoms. The van der Waals surface area contributed by atoms with Crippen molar-refractivity contribution in [3.05, 3.63) is 30.1 Å². The molecule has 2 rings (SSSR count). The number of aliphatic hydroxyl groups is 1. The molecule has 0 unspecified atom stereocenters. The Hall–Kier alpha value is -1.13. The van der Waals surface area contributed by atoms with Crippen LogP contribution < -0.4 is 4.74 Å². The Labute approximate surface area is 101 Å². The van der Waals surface area contributed by atoms with Crippen molar-refractivity contribution in [2.24, 2.45) is 0 Å². The molecule has 94 valence electrons. The highest BCUT2D eigenvalue weighted by Gasteiger charge is 2.38. The number of halogens is 1. The highest BCUT2D eigenvalue weighted by Crippen LogP contribution is 2.23. The monoisotopic (exact) mass is 239 g/mol. The van der Waals surface area contributed by atoms with Gasteiger partial charge in [-0.2, -0.15) is 0 Å². The molecule has 1 heterocycles. The molecule has 0 atom stereocenters. The van der Waals surface area contributed by atoms with Gasteiger partial charge in [-0.3, -0.25) is 4.90 Å². The van der Waals surface area contributed by atoms with Crippen LogP contribution in [-0.2, 0) is 0 Å². The fourth-order valence-corrected chi connectivity index (χ4v) is 1.99. The van der Waals surface area contributed by atoms with Gasteiger partial charge in [0, 0.05) is 19.6 Å². The maximum absolute atomic E-state index is 12.6. The molecule has 17 heavy (non-hydrogen) atoms. The minimum atomic E-state index is -0.490. The number of rotatable bonds is 5. The number of hydrogen-bond donors (Lipinski definition) is 1. The van der Waals surface area contributed by atoms with Crippen LogP contribution in [0.15, 0.2) is 24.3 Å². The fraction of sp³-hybridized carbons (Fsp3) is 0.538. The Morgan fingerprint density at radius 3 is 2.59 bits per heavy atom. The molecule has 1 aromatic rings. The first-order chi connectivity index (χ1) is 8.11. The van der Waals surface area contributed by atoms with Crippen molar-refractivity contribution in [3.8, 4) is 5.75 Å². The molecule has 0 radical (unpaired) electrons. The zero-order chi connectivity index (χ0) is 12.3. The summed E-state index contributed by atoms with van der Waals surface area (Å²) in [6, 6.07) is 6.01. The van der Waals surface area contributed by atoms with Crippen LogP contribution in [0.4, 0.5) is 4.39 Å². The molecule has 3 nitrogen and oxygen atoms in total. The van der Waals surface area contributed by atoms with Crippen LogP contribution in [0.1, 0.15) is 13.3 Å². The van der Waals surface area contributed by atoms with Crippen LogP contribution in [0.25, 0.3) is 0 Å². The summed E-state index contributed by atoms with van der Waals surface area (Å²) < 4.78 is 18.1. The van der Waals surface area contributed by atoms with E-state index in [9.17, 15) is 9.50 Å². The van der Waals surface area contributed by atoms with Crippen LogP contribution >= 0.6 is 0 Å². The van der Waals surface area contributed by atoms with Gasteiger partial charge < -0.3 is 9.84 Å². The van der Waals surface area contributed by atoms with Crippen molar-refractivity contribution >= 4 is 0 Å². The first kappa shape index (κ1) is 12.3. The number of benzene rings is 1. The molecule has 0 amide bonds. The lowest BCUT2D eigenvalue weighted by Crippen LogP contribution is -2.61. The van der Waals surface area contributed by atoms with Gasteiger partial charge >= 0.3 is 0 Å². The number of β-amino-alcohol motifs (C(OH)–C–C–N with tert-alkyl or cyclic N) is 1. The zero-order valence-electron chi connectivity index (χ0n) is 10.0. The quantitative estimate of drug-likeness (QED) is 0.848. The van der Waals surface area contributed by atoms with Gasteiger partial charge in [-0.1, -0.05) is 6.92 Å². The number of likely N-dealkylation sites (tertiary alicyclic amines) is 1. The van der Waals surface area contributed by atoms with E-state index in [-0.39, 0.29) is 5.82 Å². The SMILES string of the molecule is CCC1(O)CN(CCOc2ccc(F)cc2)C1. The minimum Gasteiger partial charge on any atom is -0.492 e. The number of nitrogens with zero attached hydrogens (tertiary/aromatic N) is 1. The summed E-state index contributed by atoms with van der Waals surface area (Å²) in [4.78, 5) is 2.15. The summed E-state index contributed by atoms with van der Waals surface area (Å²) in [5, 5.41) is 9.81. The van der Waals surface area contributed by atoms with Crippen molar-refractivity contribution in [2.75, 3.05) is 26.2 Å². The van der Waals surface area contributed by atoms with Gasteiger partial charge in [0.1, 0.15) is 18.2 Å². The van der Waals surface area contributed by atoms with E-state index < -0.39 is 5.60 Å². The highest BCUT2D eigenvalue weighted by molar-refractivity contribution is 5.22. The van der Waals surface area contributed by atoms with E-state index >= 15 is 0 Å². The Kier molecular flexibility index (Phi) is 3.64. The Bertz CT molecular complexity index is 360. The lowest BCUT2D eigenvalue weighted by atomic mass is 9.91. The molecule has 0 saturated carbocycles. The van der Waals surface area contributed by atoms with Gasteiger partial charge in [-0.25, -0.2) is 4.39 Å². The third-order valence-corrected chi connectivity index (χ3v) is 3.18. The van der Waals surface area contributed by atoms with Gasteiger partial charge in [0.05, 0.1) is 5.60 Å². The number of hydrogen-bond acceptors (Lipinski definition) is 3. The second-order valence-corrected chi connectivity index (χ2v) is 4.59. The third-order valence-electron chi connectivity index (χ3n) is 3.18. The predicted molar refractivity (Wildman–Crippen MR) is 63.6 cm³/mol. The molecule has 1 aliphatic heterocycles. The van der Waals surface area contributed by atoms with Crippen molar-refractivity contribution in [2.45, 2.75) is 18.9 Å². The average Bonchev–Trinajstić information content (AvgIpc) is 2.29. The van der Waals surface area contributed by atoms with Crippen LogP contribution in [-0.4, -0.2) is 41.8 Å². The van der Waals surface area contributed by atoms with Crippen molar-refractivity contribution in [1.29, 1.82) is 0 Å². The fourth-order valence-electron chi connectivity index (χ4n) is 1.99. The topological polar surface area (TPSA) is 32.7 Å². The van der Waals surface area contributed by atoms with Crippen LogP contribution in [0.5, 0.6) is 5.75 Å². The Balaban J connectivity index is 1.66. The zero-order valence-corrected chi connectivity index (χ0v) is 10.0. The summed E-state index contributed by atoms with van der Waals surface area (Å²) in [5.74, 6) is 0.422. The van der Waals surface area contributed by atoms with Gasteiger partial charge in [0.2, 0.25) is 0 Å². The van der Waals surface area contributed by atoms with E-state index in [0.717, 1.165) is 26.1 Å². The summed E-state index contributed by atoms with van der Waals surface area (Å²) in [5.41, 5.74) is -0.490. The molecule has 1 aromatic carbocycles. The van der Waals surface area contributed by atoms with Crippen molar-refractivity contribution < 1.29 is 14.2 Å². The molecular weight excluding hydrogens is 221 g/mol. The van der Waals surface area contributed by atoms with Gasteiger partial charge in [-0.05, 0) is 30.7 Å². The standard InChI is InChI=1S/C13H18FNO2/c1-2-13(16)9-15(10-13)7-8-17-12-5-3-11(14)4-6-12/h3-6,16H,2,7-10H2,1H3. The van der Waals surface area contributed by atoms with E-state index in [1.54, 1.807) is 12.1 Å². The maximum atomic E-state index is 12.6. The van der Waals surface area contributed by atoms with E-state index in [4.69, 9.17) is 4.74 Å². The van der Waals surface area contributed by atoms with Crippen molar-refractivity contribution in [1.82, 2.24) is 4.90 Å². The summed E-state index contributed by atoms with van der Waals surface area (Å²) in [6.45, 7) is 4.78. The minimum absolute atomic E-state index is 0.256. The summed E-state index contributed by atoms with van der Waals surface area (Å²) in [6.07, 6.45) is 0.794. The van der Waals surface area contributed by atoms with Gasteiger partial charge in [-0.15, -0.1) is 0 Å². The molecule has 0 bridgehead atoms. The first-order valence-corrected chi connectivity index (χ1v) is 5.94. The largest absolute Gasteiger partial charge is 0.492 e. The summed E-state index contributed by atoms with van der Waals surface area (Å²) in [7, 11) is 0. The first-order valence-electron chi connectivity index (χ1n) is 5.94. The maximum Gasteiger partial charge on any atom is 0.123 e. The highest BCUT2D eigenvalue weighted by atomic mass is 19.1. The smallest absolute Gasteiger partial charge is 0.123 e. The molecule has 1 fully saturated rings. The Morgan fingerprint density at radius 2 is 2.00 bits per heavy atom. The lowest BCUT2D eigenvalue weighted by Gasteiger charge is -2.46. The second kappa shape index (κ2) is 5.02. The van der Waals surface area contributed by atoms with Gasteiger partial charge in [0.25, 0.3) is 0 Å². The molecule has 0 spiro atoms. The predicted octanol–water partition coefficient (Wildman–Crippen LogP) is 1.66. The third kappa shape index (κ3) is 3.17. The van der Waals surface area contributed by atoms with Crippen LogP contribution in [0.2, 0.25) is 0 Å². The molecular formula is C13H18FNO2. The van der Waals surface area contributed by atoms with Crippen molar-refractivity contribution in [3.63, 3.8) is 0 Å². The lowest BCUT2D eigenvalue weighted by molar-refractivity contribution is -0.102. The van der Waals surface area contributed by atoms with Crippen LogP contribution in [0.3, 0.4) is 0 Å². The molecule has 1 saturated heterocycles.